The van der Waals surface area contributed by atoms with Gasteiger partial charge in [-0.05, 0) is 18.1 Å². The smallest absolute Gasteiger partial charge is 0.408 e. The Morgan fingerprint density at radius 3 is 3.15 bits per heavy atom. The number of hydrogen-bond donors (Lipinski definition) is 1. The van der Waals surface area contributed by atoms with Gasteiger partial charge in [0.1, 0.15) is 0 Å². The lowest BCUT2D eigenvalue weighted by atomic mass is 10.1. The first-order valence-corrected chi connectivity index (χ1v) is 4.42. The number of hydrogen-bond acceptors (Lipinski definition) is 2. The molecule has 0 fully saturated rings. The molecule has 0 aliphatic heterocycles. The van der Waals surface area contributed by atoms with Crippen LogP contribution in [0.3, 0.4) is 0 Å². The van der Waals surface area contributed by atoms with E-state index in [1.165, 1.54) is 0 Å². The molecule has 0 aliphatic rings. The predicted octanol–water partition coefficient (Wildman–Crippen LogP) is 2.32. The minimum atomic E-state index is -0.376. The summed E-state index contributed by atoms with van der Waals surface area (Å²) >= 11 is 0. The molecule has 70 valence electrons. The topological polar surface area (TPSA) is 46.0 Å². The van der Waals surface area contributed by atoms with Crippen LogP contribution in [-0.2, 0) is 6.42 Å². The van der Waals surface area contributed by atoms with Crippen LogP contribution >= 0.6 is 0 Å². The van der Waals surface area contributed by atoms with Crippen molar-refractivity contribution in [1.29, 1.82) is 0 Å². The molecule has 1 N–H and O–H groups in total. The van der Waals surface area contributed by atoms with Crippen LogP contribution in [0.5, 0.6) is 0 Å². The van der Waals surface area contributed by atoms with Crippen molar-refractivity contribution in [1.82, 2.24) is 4.98 Å². The number of oxazole rings is 1. The first kappa shape index (κ1) is 8.10. The maximum atomic E-state index is 10.9. The van der Waals surface area contributed by atoms with Crippen LogP contribution in [0, 0.1) is 0 Å². The van der Waals surface area contributed by atoms with Gasteiger partial charge >= 0.3 is 5.76 Å². The summed E-state index contributed by atoms with van der Waals surface area (Å²) in [5, 5.41) is 0. The first-order chi connectivity index (χ1) is 6.31. The van der Waals surface area contributed by atoms with Gasteiger partial charge in [-0.3, -0.25) is 4.98 Å². The van der Waals surface area contributed by atoms with Crippen LogP contribution in [0.4, 0.5) is 0 Å². The molecule has 0 radical (unpaired) electrons. The van der Waals surface area contributed by atoms with E-state index in [2.05, 4.69) is 11.9 Å². The van der Waals surface area contributed by atoms with Crippen molar-refractivity contribution in [3.8, 4) is 0 Å². The van der Waals surface area contributed by atoms with Crippen molar-refractivity contribution in [3.05, 3.63) is 34.3 Å². The molecule has 0 atom stereocenters. The lowest BCUT2D eigenvalue weighted by molar-refractivity contribution is 0.555. The third-order valence-electron chi connectivity index (χ3n) is 2.06. The SMILES string of the molecule is CCCc1cccc2oc(=O)[nH]c12.[HH]. The van der Waals surface area contributed by atoms with E-state index in [9.17, 15) is 4.79 Å². The van der Waals surface area contributed by atoms with Crippen LogP contribution in [0.1, 0.15) is 20.3 Å². The average Bonchev–Trinajstić information content (AvgIpc) is 2.47. The van der Waals surface area contributed by atoms with E-state index < -0.39 is 0 Å². The summed E-state index contributed by atoms with van der Waals surface area (Å²) in [5.41, 5.74) is 2.64. The van der Waals surface area contributed by atoms with Gasteiger partial charge in [0.25, 0.3) is 0 Å². The average molecular weight is 179 g/mol. The Hall–Kier alpha value is -1.51. The molecule has 2 aromatic rings. The number of rotatable bonds is 2. The van der Waals surface area contributed by atoms with Gasteiger partial charge in [-0.1, -0.05) is 25.5 Å². The number of fused-ring (bicyclic) bond motifs is 1. The molecule has 0 saturated carbocycles. The molecule has 13 heavy (non-hydrogen) atoms. The Morgan fingerprint density at radius 2 is 2.38 bits per heavy atom. The molecule has 2 rings (SSSR count). The molecule has 0 aliphatic carbocycles. The highest BCUT2D eigenvalue weighted by atomic mass is 16.4. The minimum Gasteiger partial charge on any atom is -0.408 e. The van der Waals surface area contributed by atoms with E-state index in [0.717, 1.165) is 23.9 Å². The second-order valence-corrected chi connectivity index (χ2v) is 3.05. The second-order valence-electron chi connectivity index (χ2n) is 3.05. The lowest BCUT2D eigenvalue weighted by Crippen LogP contribution is -1.94. The quantitative estimate of drug-likeness (QED) is 0.768. The summed E-state index contributed by atoms with van der Waals surface area (Å²) in [6.07, 6.45) is 2.03. The lowest BCUT2D eigenvalue weighted by Gasteiger charge is -1.97. The molecule has 3 heteroatoms. The molecule has 1 aromatic carbocycles. The van der Waals surface area contributed by atoms with Gasteiger partial charge in [-0.25, -0.2) is 4.79 Å². The Balaban J connectivity index is 0.000000980. The van der Waals surface area contributed by atoms with Crippen molar-refractivity contribution in [2.24, 2.45) is 0 Å². The Kier molecular flexibility index (Phi) is 1.93. The largest absolute Gasteiger partial charge is 0.417 e. The van der Waals surface area contributed by atoms with Gasteiger partial charge in [-0.15, -0.1) is 0 Å². The summed E-state index contributed by atoms with van der Waals surface area (Å²) in [5.74, 6) is -0.376. The summed E-state index contributed by atoms with van der Waals surface area (Å²) < 4.78 is 4.94. The van der Waals surface area contributed by atoms with Gasteiger partial charge in [0.15, 0.2) is 5.58 Å². The second kappa shape index (κ2) is 3.09. The molecule has 1 heterocycles. The maximum absolute atomic E-state index is 10.9. The van der Waals surface area contributed by atoms with E-state index in [1.54, 1.807) is 6.07 Å². The maximum Gasteiger partial charge on any atom is 0.417 e. The monoisotopic (exact) mass is 179 g/mol. The highest BCUT2D eigenvalue weighted by molar-refractivity contribution is 5.75. The zero-order valence-electron chi connectivity index (χ0n) is 7.46. The number of benzene rings is 1. The van der Waals surface area contributed by atoms with Crippen LogP contribution < -0.4 is 5.76 Å². The van der Waals surface area contributed by atoms with E-state index in [0.29, 0.717) is 5.58 Å². The summed E-state index contributed by atoms with van der Waals surface area (Å²) in [6.45, 7) is 2.11. The van der Waals surface area contributed by atoms with Crippen LogP contribution in [-0.4, -0.2) is 4.98 Å². The molecule has 0 amide bonds. The molecule has 0 unspecified atom stereocenters. The fourth-order valence-electron chi connectivity index (χ4n) is 1.51. The first-order valence-electron chi connectivity index (χ1n) is 4.42. The fourth-order valence-corrected chi connectivity index (χ4v) is 1.51. The molecule has 3 nitrogen and oxygen atoms in total. The number of aromatic nitrogens is 1. The number of para-hydroxylation sites is 1. The molecular formula is C10H13NO2. The van der Waals surface area contributed by atoms with Crippen molar-refractivity contribution < 1.29 is 5.84 Å². The molecule has 0 bridgehead atoms. The van der Waals surface area contributed by atoms with Crippen molar-refractivity contribution >= 4 is 11.1 Å². The van der Waals surface area contributed by atoms with Crippen LogP contribution in [0.2, 0.25) is 0 Å². The molecule has 1 aromatic heterocycles. The predicted molar refractivity (Wildman–Crippen MR) is 52.9 cm³/mol. The molecular weight excluding hydrogens is 166 g/mol. The third-order valence-corrected chi connectivity index (χ3v) is 2.06. The van der Waals surface area contributed by atoms with Gasteiger partial charge < -0.3 is 4.42 Å². The Bertz CT molecular complexity index is 472. The normalized spacial score (nSPS) is 10.8. The van der Waals surface area contributed by atoms with E-state index >= 15 is 0 Å². The zero-order valence-corrected chi connectivity index (χ0v) is 7.46. The van der Waals surface area contributed by atoms with Gasteiger partial charge in [0.2, 0.25) is 0 Å². The van der Waals surface area contributed by atoms with Crippen molar-refractivity contribution in [2.75, 3.05) is 0 Å². The highest BCUT2D eigenvalue weighted by Crippen LogP contribution is 2.16. The summed E-state index contributed by atoms with van der Waals surface area (Å²) in [7, 11) is 0. The summed E-state index contributed by atoms with van der Waals surface area (Å²) in [6, 6.07) is 5.72. The van der Waals surface area contributed by atoms with E-state index in [1.807, 2.05) is 12.1 Å². The number of nitrogens with one attached hydrogen (secondary N) is 1. The van der Waals surface area contributed by atoms with Crippen molar-refractivity contribution in [2.45, 2.75) is 19.8 Å². The van der Waals surface area contributed by atoms with Gasteiger partial charge in [-0.2, -0.15) is 0 Å². The Labute approximate surface area is 76.9 Å². The zero-order chi connectivity index (χ0) is 9.26. The molecule has 0 saturated heterocycles. The summed E-state index contributed by atoms with van der Waals surface area (Å²) in [4.78, 5) is 13.6. The van der Waals surface area contributed by atoms with Gasteiger partial charge in [0, 0.05) is 1.43 Å². The third kappa shape index (κ3) is 1.37. The number of H-pyrrole nitrogens is 1. The number of aryl methyl sites for hydroxylation is 1. The minimum absolute atomic E-state index is 0. The number of aromatic amines is 1. The van der Waals surface area contributed by atoms with Gasteiger partial charge in [0.05, 0.1) is 5.52 Å². The van der Waals surface area contributed by atoms with E-state index in [4.69, 9.17) is 4.42 Å². The van der Waals surface area contributed by atoms with Crippen LogP contribution in [0.25, 0.3) is 11.1 Å². The fraction of sp³-hybridized carbons (Fsp3) is 0.300. The Morgan fingerprint density at radius 1 is 1.54 bits per heavy atom. The van der Waals surface area contributed by atoms with Crippen molar-refractivity contribution in [3.63, 3.8) is 0 Å². The molecule has 0 spiro atoms. The standard InChI is InChI=1S/C10H11NO2.H2/c1-2-4-7-5-3-6-8-9(7)11-10(12)13-8;/h3,5-6H,2,4H2,1H3,(H,11,12);1H. The van der Waals surface area contributed by atoms with Crippen LogP contribution in [0.15, 0.2) is 27.4 Å². The highest BCUT2D eigenvalue weighted by Gasteiger charge is 2.04. The van der Waals surface area contributed by atoms with E-state index in [-0.39, 0.29) is 7.18 Å².